The van der Waals surface area contributed by atoms with E-state index in [4.69, 9.17) is 28.4 Å². The zero-order valence-electron chi connectivity index (χ0n) is 16.8. The quantitative estimate of drug-likeness (QED) is 0.689. The molecule has 7 nitrogen and oxygen atoms in total. The third-order valence-corrected chi connectivity index (χ3v) is 5.68. The van der Waals surface area contributed by atoms with Gasteiger partial charge in [-0.15, -0.1) is 0 Å². The van der Waals surface area contributed by atoms with Gasteiger partial charge in [0.25, 0.3) is 0 Å². The fourth-order valence-corrected chi connectivity index (χ4v) is 4.70. The van der Waals surface area contributed by atoms with Crippen molar-refractivity contribution in [3.05, 3.63) is 35.9 Å². The summed E-state index contributed by atoms with van der Waals surface area (Å²) in [6.45, 7) is 6.21. The number of hydrogen-bond donors (Lipinski definition) is 0. The van der Waals surface area contributed by atoms with E-state index < -0.39 is 41.9 Å². The summed E-state index contributed by atoms with van der Waals surface area (Å²) in [5.74, 6) is -1.59. The molecular weight excluding hydrogens is 364 g/mol. The van der Waals surface area contributed by atoms with E-state index in [-0.39, 0.29) is 5.97 Å². The molecule has 28 heavy (non-hydrogen) atoms. The van der Waals surface area contributed by atoms with Gasteiger partial charge in [-0.3, -0.25) is 4.79 Å². The van der Waals surface area contributed by atoms with Gasteiger partial charge in [0, 0.05) is 7.11 Å². The Morgan fingerprint density at radius 1 is 1.25 bits per heavy atom. The zero-order chi connectivity index (χ0) is 19.9. The number of methoxy groups -OCH3 is 1. The van der Waals surface area contributed by atoms with E-state index in [9.17, 15) is 4.79 Å². The monoisotopic (exact) mass is 392 g/mol. The maximum absolute atomic E-state index is 12.6. The van der Waals surface area contributed by atoms with E-state index in [1.54, 1.807) is 14.0 Å². The first-order chi connectivity index (χ1) is 13.4. The van der Waals surface area contributed by atoms with Gasteiger partial charge in [-0.1, -0.05) is 30.3 Å². The highest BCUT2D eigenvalue weighted by atomic mass is 16.8. The number of hydrogen-bond acceptors (Lipinski definition) is 7. The zero-order valence-corrected chi connectivity index (χ0v) is 16.8. The summed E-state index contributed by atoms with van der Waals surface area (Å²) >= 11 is 0. The van der Waals surface area contributed by atoms with E-state index in [1.165, 1.54) is 0 Å². The number of esters is 1. The van der Waals surface area contributed by atoms with Crippen molar-refractivity contribution in [3.63, 3.8) is 0 Å². The Morgan fingerprint density at radius 3 is 2.68 bits per heavy atom. The third kappa shape index (κ3) is 3.25. The molecule has 1 aromatic carbocycles. The van der Waals surface area contributed by atoms with Gasteiger partial charge in [0.2, 0.25) is 0 Å². The molecule has 2 saturated heterocycles. The first-order valence-electron chi connectivity index (χ1n) is 9.78. The summed E-state index contributed by atoms with van der Waals surface area (Å²) < 4.78 is 35.9. The fraction of sp³-hybridized carbons (Fsp3) is 0.667. The summed E-state index contributed by atoms with van der Waals surface area (Å²) in [4.78, 5) is 12.6. The fourth-order valence-electron chi connectivity index (χ4n) is 4.70. The molecule has 3 fully saturated rings. The number of ether oxygens (including phenoxy) is 6. The maximum atomic E-state index is 12.6. The largest absolute Gasteiger partial charge is 0.466 e. The van der Waals surface area contributed by atoms with Crippen LogP contribution in [0.5, 0.6) is 0 Å². The molecule has 1 aromatic rings. The molecule has 0 radical (unpaired) electrons. The molecule has 0 amide bonds. The normalized spacial score (nSPS) is 38.2. The molecule has 0 aromatic heterocycles. The van der Waals surface area contributed by atoms with Crippen molar-refractivity contribution in [2.75, 3.05) is 13.7 Å². The smallest absolute Gasteiger partial charge is 0.311 e. The van der Waals surface area contributed by atoms with Crippen molar-refractivity contribution in [2.45, 2.75) is 69.8 Å². The minimum atomic E-state index is -0.834. The molecule has 7 heteroatoms. The molecule has 2 heterocycles. The van der Waals surface area contributed by atoms with Crippen molar-refractivity contribution < 1.29 is 33.2 Å². The minimum absolute atomic E-state index is 0.301. The third-order valence-electron chi connectivity index (χ3n) is 5.68. The average Bonchev–Trinajstić information content (AvgIpc) is 3.05. The molecule has 1 aliphatic carbocycles. The van der Waals surface area contributed by atoms with Gasteiger partial charge in [0.1, 0.15) is 23.9 Å². The number of carbonyl (C=O) groups is 1. The number of benzene rings is 1. The Balaban J connectivity index is 1.64. The molecule has 3 aliphatic rings. The predicted octanol–water partition coefficient (Wildman–Crippen LogP) is 2.42. The Morgan fingerprint density at radius 2 is 2.00 bits per heavy atom. The van der Waals surface area contributed by atoms with Gasteiger partial charge in [-0.2, -0.15) is 0 Å². The van der Waals surface area contributed by atoms with Crippen LogP contribution >= 0.6 is 0 Å². The van der Waals surface area contributed by atoms with Crippen molar-refractivity contribution in [1.29, 1.82) is 0 Å². The van der Waals surface area contributed by atoms with Crippen LogP contribution in [0.1, 0.15) is 32.8 Å². The molecule has 2 bridgehead atoms. The predicted molar refractivity (Wildman–Crippen MR) is 98.2 cm³/mol. The molecule has 4 rings (SSSR count). The highest BCUT2D eigenvalue weighted by Crippen LogP contribution is 2.56. The van der Waals surface area contributed by atoms with Crippen LogP contribution in [0.3, 0.4) is 0 Å². The van der Waals surface area contributed by atoms with Crippen LogP contribution in [-0.4, -0.2) is 55.7 Å². The van der Waals surface area contributed by atoms with Crippen LogP contribution in [0.4, 0.5) is 0 Å². The lowest BCUT2D eigenvalue weighted by Gasteiger charge is -2.43. The SMILES string of the molecule is CCOC(=O)[C@@H]1C[C@]23OC(C)(C)O[C@H]2[C@@H]1O[C@H](OC)[C@@H]3OCc1ccccc1. The van der Waals surface area contributed by atoms with Gasteiger partial charge < -0.3 is 28.4 Å². The molecular formula is C21H28O7. The van der Waals surface area contributed by atoms with Crippen LogP contribution in [-0.2, 0) is 39.8 Å². The lowest BCUT2D eigenvalue weighted by molar-refractivity contribution is -0.293. The van der Waals surface area contributed by atoms with E-state index in [2.05, 4.69) is 0 Å². The van der Waals surface area contributed by atoms with Gasteiger partial charge in [-0.05, 0) is 32.8 Å². The molecule has 0 unspecified atom stereocenters. The molecule has 6 atom stereocenters. The van der Waals surface area contributed by atoms with Gasteiger partial charge in [-0.25, -0.2) is 0 Å². The van der Waals surface area contributed by atoms with Gasteiger partial charge in [0.05, 0.1) is 19.1 Å². The Bertz CT molecular complexity index is 706. The standard InChI is InChI=1S/C21H28O7/c1-5-24-18(22)14-11-21-16(27-20(2,3)28-21)15(14)26-19(23-4)17(21)25-12-13-9-7-6-8-10-13/h6-10,14-17,19H,5,11-12H2,1-4H3/t14-,15-,16+,17+,19+,21+/m1/s1. The van der Waals surface area contributed by atoms with E-state index in [0.29, 0.717) is 19.6 Å². The average molecular weight is 392 g/mol. The van der Waals surface area contributed by atoms with Crippen molar-refractivity contribution in [2.24, 2.45) is 5.92 Å². The Hall–Kier alpha value is -1.51. The highest BCUT2D eigenvalue weighted by molar-refractivity contribution is 5.74. The minimum Gasteiger partial charge on any atom is -0.466 e. The van der Waals surface area contributed by atoms with Crippen LogP contribution in [0.15, 0.2) is 30.3 Å². The molecule has 154 valence electrons. The van der Waals surface area contributed by atoms with Gasteiger partial charge >= 0.3 is 5.97 Å². The number of rotatable bonds is 6. The first kappa shape index (κ1) is 19.8. The lowest BCUT2D eigenvalue weighted by atomic mass is 9.89. The molecule has 0 N–H and O–H groups in total. The molecule has 1 saturated carbocycles. The summed E-state index contributed by atoms with van der Waals surface area (Å²) in [5, 5.41) is 0. The maximum Gasteiger partial charge on any atom is 0.311 e. The second-order valence-corrected chi connectivity index (χ2v) is 7.98. The van der Waals surface area contributed by atoms with E-state index in [0.717, 1.165) is 5.56 Å². The highest BCUT2D eigenvalue weighted by Gasteiger charge is 2.73. The lowest BCUT2D eigenvalue weighted by Crippen LogP contribution is -2.61. The summed E-state index contributed by atoms with van der Waals surface area (Å²) in [7, 11) is 1.57. The van der Waals surface area contributed by atoms with Crippen molar-refractivity contribution in [3.8, 4) is 0 Å². The van der Waals surface area contributed by atoms with Gasteiger partial charge in [0.15, 0.2) is 12.1 Å². The van der Waals surface area contributed by atoms with Crippen LogP contribution in [0.2, 0.25) is 0 Å². The van der Waals surface area contributed by atoms with Crippen LogP contribution in [0.25, 0.3) is 0 Å². The summed E-state index contributed by atoms with van der Waals surface area (Å²) in [6.07, 6.45) is -1.72. The van der Waals surface area contributed by atoms with Crippen LogP contribution in [0, 0.1) is 5.92 Å². The Kier molecular flexibility index (Phi) is 5.22. The number of carbonyl (C=O) groups excluding carboxylic acids is 1. The second-order valence-electron chi connectivity index (χ2n) is 7.98. The van der Waals surface area contributed by atoms with Crippen LogP contribution < -0.4 is 0 Å². The summed E-state index contributed by atoms with van der Waals surface area (Å²) in [6, 6.07) is 9.88. The van der Waals surface area contributed by atoms with E-state index in [1.807, 2.05) is 44.2 Å². The van der Waals surface area contributed by atoms with Crippen molar-refractivity contribution >= 4 is 5.97 Å². The summed E-state index contributed by atoms with van der Waals surface area (Å²) in [5.41, 5.74) is 0.199. The molecule has 0 spiro atoms. The topological polar surface area (TPSA) is 72.5 Å². The Labute approximate surface area is 165 Å². The first-order valence-corrected chi connectivity index (χ1v) is 9.78. The molecule has 2 aliphatic heterocycles. The van der Waals surface area contributed by atoms with E-state index >= 15 is 0 Å². The van der Waals surface area contributed by atoms with Crippen molar-refractivity contribution in [1.82, 2.24) is 0 Å². The second kappa shape index (κ2) is 7.39.